The molecule has 7 rings (SSSR count). The van der Waals surface area contributed by atoms with Gasteiger partial charge in [0.05, 0.1) is 30.4 Å². The van der Waals surface area contributed by atoms with Gasteiger partial charge in [0.25, 0.3) is 10.0 Å². The fourth-order valence-electron chi connectivity index (χ4n) is 7.24. The zero-order chi connectivity index (χ0) is 34.0. The van der Waals surface area contributed by atoms with Crippen molar-refractivity contribution in [1.82, 2.24) is 10.2 Å². The Morgan fingerprint density at radius 3 is 2.14 bits per heavy atom. The third-order valence-electron chi connectivity index (χ3n) is 10.1. The van der Waals surface area contributed by atoms with Gasteiger partial charge in [0, 0.05) is 42.5 Å². The SMILES string of the molecule is CC1C(CN2CCC3(CC2)C(=O)NCN3c2ccccc2)OC(c2ccc(NS(=O)(=O)c3ccccc3)cc2)OC1c1ccc(CO)cc1. The second-order valence-electron chi connectivity index (χ2n) is 13.1. The van der Waals surface area contributed by atoms with Crippen molar-refractivity contribution in [2.45, 2.75) is 55.3 Å². The molecule has 0 radical (unpaired) electrons. The Balaban J connectivity index is 1.08. The van der Waals surface area contributed by atoms with Crippen LogP contribution in [0.5, 0.6) is 0 Å². The van der Waals surface area contributed by atoms with Gasteiger partial charge < -0.3 is 29.7 Å². The van der Waals surface area contributed by atoms with E-state index in [0.29, 0.717) is 31.7 Å². The van der Waals surface area contributed by atoms with E-state index in [4.69, 9.17) is 9.47 Å². The summed E-state index contributed by atoms with van der Waals surface area (Å²) in [5.41, 5.74) is 3.51. The summed E-state index contributed by atoms with van der Waals surface area (Å²) in [7, 11) is -3.73. The number of hydrogen-bond acceptors (Lipinski definition) is 8. The summed E-state index contributed by atoms with van der Waals surface area (Å²) in [6.45, 7) is 4.78. The molecule has 49 heavy (non-hydrogen) atoms. The van der Waals surface area contributed by atoms with E-state index in [1.807, 2.05) is 54.6 Å². The summed E-state index contributed by atoms with van der Waals surface area (Å²) in [6, 6.07) is 33.3. The summed E-state index contributed by atoms with van der Waals surface area (Å²) in [5.74, 6) is 0.0901. The molecule has 1 spiro atoms. The minimum absolute atomic E-state index is 0.000310. The van der Waals surface area contributed by atoms with Crippen LogP contribution in [0.3, 0.4) is 0 Å². The summed E-state index contributed by atoms with van der Waals surface area (Å²) in [4.78, 5) is 18.0. The number of carbonyl (C=O) groups excluding carboxylic acids is 1. The van der Waals surface area contributed by atoms with E-state index in [0.717, 1.165) is 35.5 Å². The minimum Gasteiger partial charge on any atom is -0.392 e. The highest BCUT2D eigenvalue weighted by Crippen LogP contribution is 2.43. The van der Waals surface area contributed by atoms with Gasteiger partial charge in [-0.25, -0.2) is 8.42 Å². The Morgan fingerprint density at radius 1 is 0.857 bits per heavy atom. The van der Waals surface area contributed by atoms with Crippen molar-refractivity contribution in [1.29, 1.82) is 0 Å². The van der Waals surface area contributed by atoms with Crippen LogP contribution in [0, 0.1) is 5.92 Å². The highest BCUT2D eigenvalue weighted by atomic mass is 32.2. The van der Waals surface area contributed by atoms with Crippen LogP contribution in [0.15, 0.2) is 114 Å². The molecule has 1 amide bonds. The van der Waals surface area contributed by atoms with E-state index in [1.54, 1.807) is 42.5 Å². The predicted octanol–water partition coefficient (Wildman–Crippen LogP) is 5.20. The molecule has 3 fully saturated rings. The van der Waals surface area contributed by atoms with Gasteiger partial charge >= 0.3 is 0 Å². The van der Waals surface area contributed by atoms with Crippen molar-refractivity contribution in [3.05, 3.63) is 126 Å². The zero-order valence-electron chi connectivity index (χ0n) is 27.4. The Labute approximate surface area is 287 Å². The maximum absolute atomic E-state index is 13.2. The number of likely N-dealkylation sites (tertiary alicyclic amines) is 1. The van der Waals surface area contributed by atoms with Gasteiger partial charge in [-0.1, -0.05) is 79.7 Å². The van der Waals surface area contributed by atoms with Gasteiger partial charge in [0.2, 0.25) is 5.91 Å². The number of nitrogens with zero attached hydrogens (tertiary/aromatic N) is 2. The highest BCUT2D eigenvalue weighted by Gasteiger charge is 2.51. The smallest absolute Gasteiger partial charge is 0.261 e. The number of amides is 1. The fourth-order valence-corrected chi connectivity index (χ4v) is 8.32. The molecule has 0 saturated carbocycles. The number of aliphatic hydroxyl groups is 1. The number of carbonyl (C=O) groups is 1. The van der Waals surface area contributed by atoms with Gasteiger partial charge in [0.15, 0.2) is 6.29 Å². The quantitative estimate of drug-likeness (QED) is 0.221. The van der Waals surface area contributed by atoms with Crippen LogP contribution >= 0.6 is 0 Å². The summed E-state index contributed by atoms with van der Waals surface area (Å²) in [6.07, 6.45) is 0.267. The molecule has 0 aromatic heterocycles. The van der Waals surface area contributed by atoms with Crippen LogP contribution in [-0.2, 0) is 30.9 Å². The first-order chi connectivity index (χ1) is 23.8. The Morgan fingerprint density at radius 2 is 1.49 bits per heavy atom. The first kappa shape index (κ1) is 33.2. The van der Waals surface area contributed by atoms with Crippen molar-refractivity contribution >= 4 is 27.3 Å². The third kappa shape index (κ3) is 6.82. The van der Waals surface area contributed by atoms with E-state index in [9.17, 15) is 18.3 Å². The molecule has 4 atom stereocenters. The Hall–Kier alpha value is -4.26. The van der Waals surface area contributed by atoms with Gasteiger partial charge in [-0.2, -0.15) is 0 Å². The number of rotatable bonds is 9. The molecule has 3 aliphatic rings. The second kappa shape index (κ2) is 13.9. The van der Waals surface area contributed by atoms with Crippen LogP contribution in [0.1, 0.15) is 48.8 Å². The Bertz CT molecular complexity index is 1830. The van der Waals surface area contributed by atoms with Crippen molar-refractivity contribution in [2.24, 2.45) is 5.92 Å². The number of nitrogens with one attached hydrogen (secondary N) is 2. The van der Waals surface area contributed by atoms with Crippen molar-refractivity contribution in [3.63, 3.8) is 0 Å². The lowest BCUT2D eigenvalue weighted by molar-refractivity contribution is -0.276. The molecule has 11 heteroatoms. The molecule has 0 aliphatic carbocycles. The van der Waals surface area contributed by atoms with Crippen LogP contribution in [0.2, 0.25) is 0 Å². The predicted molar refractivity (Wildman–Crippen MR) is 187 cm³/mol. The van der Waals surface area contributed by atoms with Crippen LogP contribution in [0.25, 0.3) is 0 Å². The maximum Gasteiger partial charge on any atom is 0.261 e. The molecule has 3 N–H and O–H groups in total. The molecule has 0 bridgehead atoms. The van der Waals surface area contributed by atoms with E-state index in [2.05, 4.69) is 38.9 Å². The normalized spacial score (nSPS) is 24.1. The molecule has 4 aromatic rings. The van der Waals surface area contributed by atoms with Gasteiger partial charge in [-0.15, -0.1) is 0 Å². The lowest BCUT2D eigenvalue weighted by atomic mass is 9.84. The number of para-hydroxylation sites is 1. The number of ether oxygens (including phenoxy) is 2. The average Bonchev–Trinajstić information content (AvgIpc) is 3.45. The number of aliphatic hydroxyl groups excluding tert-OH is 1. The lowest BCUT2D eigenvalue weighted by Crippen LogP contribution is -2.57. The standard InChI is InChI=1S/C38H42N4O6S/c1-27-34(24-41-22-20-38(21-23-41)37(44)39-26-42(38)32-8-4-2-5-9-32)47-36(48-35(27)29-14-12-28(25-43)13-15-29)30-16-18-31(19-17-30)40-49(45,46)33-10-6-3-7-11-33/h2-19,27,34-36,40,43H,20-26H2,1H3,(H,39,44). The molecule has 10 nitrogen and oxygen atoms in total. The molecule has 4 unspecified atom stereocenters. The third-order valence-corrected chi connectivity index (χ3v) is 11.5. The van der Waals surface area contributed by atoms with Crippen molar-refractivity contribution < 1.29 is 27.8 Å². The maximum atomic E-state index is 13.2. The van der Waals surface area contributed by atoms with Crippen LogP contribution < -0.4 is 14.9 Å². The van der Waals surface area contributed by atoms with Gasteiger partial charge in [0.1, 0.15) is 5.54 Å². The highest BCUT2D eigenvalue weighted by molar-refractivity contribution is 7.92. The lowest BCUT2D eigenvalue weighted by Gasteiger charge is -2.46. The summed E-state index contributed by atoms with van der Waals surface area (Å²) >= 11 is 0. The first-order valence-electron chi connectivity index (χ1n) is 16.8. The topological polar surface area (TPSA) is 120 Å². The van der Waals surface area contributed by atoms with Crippen LogP contribution in [-0.4, -0.2) is 62.3 Å². The Kier molecular flexibility index (Phi) is 9.45. The van der Waals surface area contributed by atoms with E-state index in [1.165, 1.54) is 0 Å². The van der Waals surface area contributed by atoms with Gasteiger partial charge in [-0.3, -0.25) is 9.52 Å². The zero-order valence-corrected chi connectivity index (χ0v) is 28.3. The van der Waals surface area contributed by atoms with Crippen LogP contribution in [0.4, 0.5) is 11.4 Å². The fraction of sp³-hybridized carbons (Fsp3) is 0.342. The molecule has 3 saturated heterocycles. The number of hydrogen-bond donors (Lipinski definition) is 3. The molecule has 4 aromatic carbocycles. The number of anilines is 2. The number of piperidine rings is 1. The number of benzene rings is 4. The molecule has 3 aliphatic heterocycles. The summed E-state index contributed by atoms with van der Waals surface area (Å²) in [5, 5.41) is 12.7. The molecule has 3 heterocycles. The van der Waals surface area contributed by atoms with Gasteiger partial charge in [-0.05, 0) is 60.4 Å². The average molecular weight is 683 g/mol. The monoisotopic (exact) mass is 682 g/mol. The largest absolute Gasteiger partial charge is 0.392 e. The summed E-state index contributed by atoms with van der Waals surface area (Å²) < 4.78 is 41.7. The van der Waals surface area contributed by atoms with E-state index < -0.39 is 21.9 Å². The first-order valence-corrected chi connectivity index (χ1v) is 18.3. The van der Waals surface area contributed by atoms with Crippen molar-refractivity contribution in [3.8, 4) is 0 Å². The number of sulfonamides is 1. The van der Waals surface area contributed by atoms with E-state index >= 15 is 0 Å². The second-order valence-corrected chi connectivity index (χ2v) is 14.8. The molecule has 256 valence electrons. The minimum atomic E-state index is -3.73. The van der Waals surface area contributed by atoms with E-state index in [-0.39, 0.29) is 35.5 Å². The molecular formula is C38H42N4O6S. The van der Waals surface area contributed by atoms with Crippen molar-refractivity contribution in [2.75, 3.05) is 35.9 Å². The molecular weight excluding hydrogens is 641 g/mol.